The average Bonchev–Trinajstić information content (AvgIpc) is 3.54. The Hall–Kier alpha value is -4.17. The maximum absolute atomic E-state index is 12.7. The maximum Gasteiger partial charge on any atom is 0.262 e. The number of imide groups is 1. The molecule has 6 rings (SSSR count). The van der Waals surface area contributed by atoms with E-state index in [-0.39, 0.29) is 17.7 Å². The molecule has 33 heavy (non-hydrogen) atoms. The molecule has 2 aromatic heterocycles. The van der Waals surface area contributed by atoms with Crippen LogP contribution in [0.5, 0.6) is 0 Å². The lowest BCUT2D eigenvalue weighted by molar-refractivity contribution is 0.0684. The first-order valence-corrected chi connectivity index (χ1v) is 11.3. The number of hydrogen-bond acceptors (Lipinski definition) is 6. The number of furan rings is 1. The molecule has 3 heterocycles. The van der Waals surface area contributed by atoms with E-state index in [2.05, 4.69) is 10.2 Å². The van der Waals surface area contributed by atoms with Crippen LogP contribution in [0.15, 0.2) is 94.5 Å². The highest BCUT2D eigenvalue weighted by atomic mass is 32.2. The maximum atomic E-state index is 12.7. The molecule has 1 aliphatic rings. The predicted molar refractivity (Wildman–Crippen MR) is 124 cm³/mol. The van der Waals surface area contributed by atoms with Crippen LogP contribution in [0.25, 0.3) is 28.2 Å². The van der Waals surface area contributed by atoms with Crippen molar-refractivity contribution in [1.29, 1.82) is 0 Å². The number of fused-ring (bicyclic) bond motifs is 2. The van der Waals surface area contributed by atoms with Crippen molar-refractivity contribution in [3.05, 3.63) is 96.1 Å². The number of benzene rings is 3. The summed E-state index contributed by atoms with van der Waals surface area (Å²) in [4.78, 5) is 26.7. The first-order valence-electron chi connectivity index (χ1n) is 10.3. The highest BCUT2D eigenvalue weighted by molar-refractivity contribution is 7.99. The minimum atomic E-state index is -0.300. The summed E-state index contributed by atoms with van der Waals surface area (Å²) in [5.41, 5.74) is 2.46. The number of nitrogens with zero attached hydrogens (tertiary/aromatic N) is 4. The molecule has 1 aliphatic heterocycles. The zero-order valence-corrected chi connectivity index (χ0v) is 18.0. The zero-order valence-electron chi connectivity index (χ0n) is 17.2. The van der Waals surface area contributed by atoms with Gasteiger partial charge in [-0.15, -0.1) is 10.2 Å². The molecule has 0 saturated heterocycles. The third-order valence-corrected chi connectivity index (χ3v) is 6.40. The smallest absolute Gasteiger partial charge is 0.262 e. The van der Waals surface area contributed by atoms with Crippen LogP contribution in [0, 0.1) is 0 Å². The third-order valence-electron chi connectivity index (χ3n) is 5.49. The molecule has 5 aromatic rings. The van der Waals surface area contributed by atoms with Gasteiger partial charge >= 0.3 is 0 Å². The van der Waals surface area contributed by atoms with Crippen molar-refractivity contribution in [2.24, 2.45) is 0 Å². The molecule has 7 nitrogen and oxygen atoms in total. The van der Waals surface area contributed by atoms with Crippen molar-refractivity contribution in [1.82, 2.24) is 19.7 Å². The second-order valence-electron chi connectivity index (χ2n) is 7.48. The number of rotatable bonds is 5. The van der Waals surface area contributed by atoms with Gasteiger partial charge in [0.25, 0.3) is 11.8 Å². The van der Waals surface area contributed by atoms with E-state index in [1.807, 2.05) is 65.2 Å². The average molecular weight is 452 g/mol. The van der Waals surface area contributed by atoms with E-state index < -0.39 is 0 Å². The van der Waals surface area contributed by atoms with Gasteiger partial charge in [-0.2, -0.15) is 0 Å². The summed E-state index contributed by atoms with van der Waals surface area (Å²) in [6.07, 6.45) is 0. The Balaban J connectivity index is 1.37. The van der Waals surface area contributed by atoms with Gasteiger partial charge in [0, 0.05) is 11.1 Å². The highest BCUT2D eigenvalue weighted by Gasteiger charge is 2.35. The van der Waals surface area contributed by atoms with Gasteiger partial charge in [0.2, 0.25) is 5.82 Å². The van der Waals surface area contributed by atoms with E-state index in [9.17, 15) is 9.59 Å². The van der Waals surface area contributed by atoms with Crippen LogP contribution in [0.4, 0.5) is 0 Å². The van der Waals surface area contributed by atoms with Gasteiger partial charge in [-0.05, 0) is 36.4 Å². The normalized spacial score (nSPS) is 13.2. The van der Waals surface area contributed by atoms with Gasteiger partial charge in [0.05, 0.1) is 17.0 Å². The lowest BCUT2D eigenvalue weighted by Crippen LogP contribution is -2.29. The van der Waals surface area contributed by atoms with Crippen molar-refractivity contribution in [3.8, 4) is 17.3 Å². The Kier molecular flexibility index (Phi) is 4.58. The van der Waals surface area contributed by atoms with Crippen LogP contribution in [0.1, 0.15) is 20.7 Å². The van der Waals surface area contributed by atoms with Crippen LogP contribution >= 0.6 is 11.8 Å². The summed E-state index contributed by atoms with van der Waals surface area (Å²) in [5, 5.41) is 10.3. The molecular formula is C25H16N4O3S. The van der Waals surface area contributed by atoms with Gasteiger partial charge in [-0.1, -0.05) is 60.3 Å². The molecule has 160 valence electrons. The van der Waals surface area contributed by atoms with Gasteiger partial charge in [-0.3, -0.25) is 19.1 Å². The molecule has 2 amide bonds. The highest BCUT2D eigenvalue weighted by Crippen LogP contribution is 2.33. The molecule has 0 saturated carbocycles. The topological polar surface area (TPSA) is 81.2 Å². The van der Waals surface area contributed by atoms with Crippen molar-refractivity contribution in [3.63, 3.8) is 0 Å². The zero-order chi connectivity index (χ0) is 22.4. The van der Waals surface area contributed by atoms with E-state index in [1.54, 1.807) is 24.3 Å². The Morgan fingerprint density at radius 2 is 1.45 bits per heavy atom. The van der Waals surface area contributed by atoms with E-state index in [4.69, 9.17) is 4.42 Å². The van der Waals surface area contributed by atoms with E-state index in [0.29, 0.717) is 27.9 Å². The first-order chi connectivity index (χ1) is 16.2. The van der Waals surface area contributed by atoms with Crippen molar-refractivity contribution in [2.75, 3.05) is 5.88 Å². The fraction of sp³-hybridized carbons (Fsp3) is 0.0400. The second kappa shape index (κ2) is 7.75. The number of amides is 2. The monoisotopic (exact) mass is 452 g/mol. The van der Waals surface area contributed by atoms with E-state index in [0.717, 1.165) is 16.7 Å². The second-order valence-corrected chi connectivity index (χ2v) is 8.39. The molecule has 0 radical (unpaired) electrons. The van der Waals surface area contributed by atoms with Gasteiger partial charge < -0.3 is 4.42 Å². The quantitative estimate of drug-likeness (QED) is 0.275. The minimum absolute atomic E-state index is 0.122. The fourth-order valence-electron chi connectivity index (χ4n) is 3.90. The van der Waals surface area contributed by atoms with Crippen LogP contribution in [-0.2, 0) is 0 Å². The standard InChI is InChI=1S/C25H16N4O3S/c30-23-18-11-5-6-12-19(18)24(31)28(23)15-33-25-27-26-22(29(25)17-9-2-1-3-10-17)21-14-16-8-4-7-13-20(16)32-21/h1-14H,15H2. The molecule has 0 unspecified atom stereocenters. The minimum Gasteiger partial charge on any atom is -0.453 e. The fourth-order valence-corrected chi connectivity index (χ4v) is 4.80. The molecule has 0 bridgehead atoms. The van der Waals surface area contributed by atoms with Crippen LogP contribution in [0.3, 0.4) is 0 Å². The summed E-state index contributed by atoms with van der Waals surface area (Å²) < 4.78 is 7.91. The summed E-state index contributed by atoms with van der Waals surface area (Å²) in [6, 6.07) is 26.2. The molecule has 0 spiro atoms. The number of para-hydroxylation sites is 2. The Morgan fingerprint density at radius 3 is 2.18 bits per heavy atom. The van der Waals surface area contributed by atoms with Gasteiger partial charge in [0.15, 0.2) is 10.9 Å². The molecule has 8 heteroatoms. The Labute approximate surface area is 192 Å². The third kappa shape index (κ3) is 3.23. The summed E-state index contributed by atoms with van der Waals surface area (Å²) in [6.45, 7) is 0. The molecule has 3 aromatic carbocycles. The number of aromatic nitrogens is 3. The molecular weight excluding hydrogens is 436 g/mol. The summed E-state index contributed by atoms with van der Waals surface area (Å²) in [5.74, 6) is 0.650. The van der Waals surface area contributed by atoms with E-state index in [1.165, 1.54) is 16.7 Å². The lowest BCUT2D eigenvalue weighted by atomic mass is 10.1. The molecule has 0 atom stereocenters. The number of carbonyl (C=O) groups is 2. The number of carbonyl (C=O) groups excluding carboxylic acids is 2. The van der Waals surface area contributed by atoms with Crippen LogP contribution in [0.2, 0.25) is 0 Å². The largest absolute Gasteiger partial charge is 0.453 e. The van der Waals surface area contributed by atoms with Gasteiger partial charge in [0.1, 0.15) is 5.58 Å². The molecule has 0 fully saturated rings. The van der Waals surface area contributed by atoms with Crippen LogP contribution in [-0.4, -0.2) is 37.4 Å². The molecule has 0 aliphatic carbocycles. The lowest BCUT2D eigenvalue weighted by Gasteiger charge is -2.14. The molecule has 0 N–H and O–H groups in total. The van der Waals surface area contributed by atoms with Crippen LogP contribution < -0.4 is 0 Å². The number of hydrogen-bond donors (Lipinski definition) is 0. The van der Waals surface area contributed by atoms with Gasteiger partial charge in [-0.25, -0.2) is 0 Å². The van der Waals surface area contributed by atoms with E-state index >= 15 is 0 Å². The summed E-state index contributed by atoms with van der Waals surface area (Å²) in [7, 11) is 0. The SMILES string of the molecule is O=C1c2ccccc2C(=O)N1CSc1nnc(-c2cc3ccccc3o2)n1-c1ccccc1. The van der Waals surface area contributed by atoms with Crippen molar-refractivity contribution in [2.45, 2.75) is 5.16 Å². The number of thioether (sulfide) groups is 1. The van der Waals surface area contributed by atoms with Crippen molar-refractivity contribution >= 4 is 34.5 Å². The van der Waals surface area contributed by atoms with Crippen molar-refractivity contribution < 1.29 is 14.0 Å². The summed E-state index contributed by atoms with van der Waals surface area (Å²) >= 11 is 1.27. The first kappa shape index (κ1) is 19.5. The predicted octanol–water partition coefficient (Wildman–Crippen LogP) is 5.03. The Bertz CT molecular complexity index is 1460. The Morgan fingerprint density at radius 1 is 0.788 bits per heavy atom.